The van der Waals surface area contributed by atoms with Crippen molar-refractivity contribution in [2.24, 2.45) is 0 Å². The van der Waals surface area contributed by atoms with E-state index in [9.17, 15) is 53.5 Å². The lowest BCUT2D eigenvalue weighted by Gasteiger charge is -2.33. The Hall–Kier alpha value is -1.80. The summed E-state index contributed by atoms with van der Waals surface area (Å²) in [5.74, 6) is -28.2. The Labute approximate surface area is 112 Å². The van der Waals surface area contributed by atoms with Crippen molar-refractivity contribution in [1.29, 1.82) is 0 Å². The molecule has 0 saturated heterocycles. The van der Waals surface area contributed by atoms with Crippen LogP contribution in [0.15, 0.2) is 0 Å². The molecule has 0 aliphatic rings. The van der Waals surface area contributed by atoms with E-state index >= 15 is 0 Å². The molecule has 0 aromatic heterocycles. The molecule has 0 saturated carbocycles. The zero-order valence-electron chi connectivity index (χ0n) is 9.40. The van der Waals surface area contributed by atoms with Gasteiger partial charge in [0.2, 0.25) is 0 Å². The van der Waals surface area contributed by atoms with Crippen LogP contribution in [0.3, 0.4) is 0 Å². The van der Waals surface area contributed by atoms with Crippen LogP contribution in [0.4, 0.5) is 43.9 Å². The zero-order valence-corrected chi connectivity index (χ0v) is 9.40. The molecular weight excluding hydrogens is 354 g/mol. The first-order chi connectivity index (χ1) is 9.34. The maximum Gasteiger partial charge on any atom is 0.460 e. The number of hydrogen-bond acceptors (Lipinski definition) is 3. The van der Waals surface area contributed by atoms with E-state index in [1.807, 2.05) is 0 Å². The van der Waals surface area contributed by atoms with Gasteiger partial charge in [-0.25, -0.2) is 9.59 Å². The number of aliphatic carboxylic acids is 2. The summed E-state index contributed by atoms with van der Waals surface area (Å²) in [4.78, 5) is 19.7. The van der Waals surface area contributed by atoms with Gasteiger partial charge in [-0.2, -0.15) is 43.9 Å². The lowest BCUT2D eigenvalue weighted by molar-refractivity contribution is -0.458. The van der Waals surface area contributed by atoms with Crippen molar-refractivity contribution >= 4 is 11.9 Å². The van der Waals surface area contributed by atoms with Crippen LogP contribution in [0.25, 0.3) is 0 Å². The lowest BCUT2D eigenvalue weighted by atomic mass is 10.1. The van der Waals surface area contributed by atoms with Crippen LogP contribution >= 0.6 is 0 Å². The number of ether oxygens (including phenoxy) is 1. The molecule has 130 valence electrons. The second kappa shape index (κ2) is 5.13. The van der Waals surface area contributed by atoms with E-state index < -0.39 is 41.9 Å². The average molecular weight is 356 g/mol. The fourth-order valence-corrected chi connectivity index (χ4v) is 0.781. The van der Waals surface area contributed by atoms with E-state index in [1.54, 1.807) is 4.74 Å². The molecule has 2 N–H and O–H groups in total. The number of halogens is 10. The average Bonchev–Trinajstić information content (AvgIpc) is 2.25. The number of hydrogen-bond donors (Lipinski definition) is 2. The van der Waals surface area contributed by atoms with Gasteiger partial charge in [-0.1, -0.05) is 0 Å². The van der Waals surface area contributed by atoms with Gasteiger partial charge in [-0.15, -0.1) is 0 Å². The van der Waals surface area contributed by atoms with E-state index in [4.69, 9.17) is 10.2 Å². The van der Waals surface area contributed by atoms with Crippen molar-refractivity contribution in [3.05, 3.63) is 0 Å². The Morgan fingerprint density at radius 2 is 1.09 bits per heavy atom. The van der Waals surface area contributed by atoms with E-state index in [1.165, 1.54) is 0 Å². The van der Waals surface area contributed by atoms with E-state index in [-0.39, 0.29) is 0 Å². The molecule has 0 aliphatic heterocycles. The fourth-order valence-electron chi connectivity index (χ4n) is 0.781. The number of alkyl halides is 10. The van der Waals surface area contributed by atoms with Crippen molar-refractivity contribution in [3.63, 3.8) is 0 Å². The fraction of sp³-hybridized carbons (Fsp3) is 0.714. The summed E-state index contributed by atoms with van der Waals surface area (Å²) in [5, 5.41) is 15.5. The molecular formula is C7H2F10O5. The quantitative estimate of drug-likeness (QED) is 0.714. The van der Waals surface area contributed by atoms with Crippen molar-refractivity contribution < 1.29 is 68.4 Å². The smallest absolute Gasteiger partial charge is 0.460 e. The van der Waals surface area contributed by atoms with Gasteiger partial charge < -0.3 is 10.2 Å². The summed E-state index contributed by atoms with van der Waals surface area (Å²) in [6.07, 6.45) is -14.0. The Morgan fingerprint density at radius 3 is 1.32 bits per heavy atom. The highest BCUT2D eigenvalue weighted by molar-refractivity contribution is 5.77. The third-order valence-electron chi connectivity index (χ3n) is 1.94. The molecule has 0 heterocycles. The second-order valence-corrected chi connectivity index (χ2v) is 3.47. The van der Waals surface area contributed by atoms with Crippen LogP contribution in [0.5, 0.6) is 0 Å². The molecule has 15 heteroatoms. The summed E-state index contributed by atoms with van der Waals surface area (Å²) in [5.41, 5.74) is 0. The molecule has 0 rings (SSSR count). The number of carbonyl (C=O) groups is 2. The van der Waals surface area contributed by atoms with Crippen LogP contribution < -0.4 is 0 Å². The molecule has 0 aliphatic carbocycles. The molecule has 5 nitrogen and oxygen atoms in total. The third kappa shape index (κ3) is 2.89. The summed E-state index contributed by atoms with van der Waals surface area (Å²) in [6.45, 7) is 0. The molecule has 1 unspecified atom stereocenters. The first-order valence-corrected chi connectivity index (χ1v) is 4.40. The predicted octanol–water partition coefficient (Wildman–Crippen LogP) is 2.26. The predicted molar refractivity (Wildman–Crippen MR) is 41.1 cm³/mol. The van der Waals surface area contributed by atoms with Crippen LogP contribution in [0, 0.1) is 0 Å². The SMILES string of the molecule is O=C(O)C(F)(F)C(F)(F)C(F)(F)OC(F)(C(=O)O)C(F)(F)F. The highest BCUT2D eigenvalue weighted by Gasteiger charge is 2.81. The van der Waals surface area contributed by atoms with Crippen LogP contribution in [-0.2, 0) is 14.3 Å². The molecule has 0 spiro atoms. The minimum atomic E-state index is -7.22. The third-order valence-corrected chi connectivity index (χ3v) is 1.94. The molecule has 0 fully saturated rings. The molecule has 0 amide bonds. The highest BCUT2D eigenvalue weighted by atomic mass is 19.4. The number of carboxylic acid groups (broad SMARTS) is 2. The van der Waals surface area contributed by atoms with Crippen molar-refractivity contribution in [1.82, 2.24) is 0 Å². The minimum Gasteiger partial charge on any atom is -0.477 e. The molecule has 0 aromatic carbocycles. The Balaban J connectivity index is 5.96. The first-order valence-electron chi connectivity index (χ1n) is 4.40. The van der Waals surface area contributed by atoms with Gasteiger partial charge in [-0.3, -0.25) is 4.74 Å². The van der Waals surface area contributed by atoms with Crippen molar-refractivity contribution in [2.45, 2.75) is 30.0 Å². The number of rotatable bonds is 6. The topological polar surface area (TPSA) is 83.8 Å². The number of carboxylic acids is 2. The molecule has 0 bridgehead atoms. The Bertz CT molecular complexity index is 471. The molecule has 0 radical (unpaired) electrons. The van der Waals surface area contributed by atoms with Gasteiger partial charge in [-0.05, 0) is 0 Å². The van der Waals surface area contributed by atoms with Gasteiger partial charge in [0.25, 0.3) is 0 Å². The normalized spacial score (nSPS) is 17.0. The minimum absolute atomic E-state index is 1.73. The van der Waals surface area contributed by atoms with Crippen molar-refractivity contribution in [2.75, 3.05) is 0 Å². The summed E-state index contributed by atoms with van der Waals surface area (Å²) in [6, 6.07) is 0. The van der Waals surface area contributed by atoms with Crippen LogP contribution in [0.2, 0.25) is 0 Å². The highest BCUT2D eigenvalue weighted by Crippen LogP contribution is 2.50. The van der Waals surface area contributed by atoms with Gasteiger partial charge >= 0.3 is 41.9 Å². The van der Waals surface area contributed by atoms with Gasteiger partial charge in [0.05, 0.1) is 0 Å². The largest absolute Gasteiger partial charge is 0.477 e. The van der Waals surface area contributed by atoms with E-state index in [0.717, 1.165) is 0 Å². The monoisotopic (exact) mass is 356 g/mol. The summed E-state index contributed by atoms with van der Waals surface area (Å²) < 4.78 is 126. The Kier molecular flexibility index (Phi) is 4.71. The van der Waals surface area contributed by atoms with E-state index in [2.05, 4.69) is 0 Å². The van der Waals surface area contributed by atoms with Gasteiger partial charge in [0.15, 0.2) is 0 Å². The summed E-state index contributed by atoms with van der Waals surface area (Å²) in [7, 11) is 0. The van der Waals surface area contributed by atoms with E-state index in [0.29, 0.717) is 0 Å². The zero-order chi connectivity index (χ0) is 18.4. The maximum atomic E-state index is 12.9. The van der Waals surface area contributed by atoms with Crippen molar-refractivity contribution in [3.8, 4) is 0 Å². The Morgan fingerprint density at radius 1 is 0.727 bits per heavy atom. The molecule has 0 aromatic rings. The van der Waals surface area contributed by atoms with Gasteiger partial charge in [0, 0.05) is 0 Å². The maximum absolute atomic E-state index is 12.9. The van der Waals surface area contributed by atoms with Crippen LogP contribution in [0.1, 0.15) is 0 Å². The van der Waals surface area contributed by atoms with Gasteiger partial charge in [0.1, 0.15) is 0 Å². The van der Waals surface area contributed by atoms with Crippen LogP contribution in [-0.4, -0.2) is 52.1 Å². The lowest BCUT2D eigenvalue weighted by Crippen LogP contribution is -2.64. The molecule has 1 atom stereocenters. The summed E-state index contributed by atoms with van der Waals surface area (Å²) >= 11 is 0. The second-order valence-electron chi connectivity index (χ2n) is 3.47. The first kappa shape index (κ1) is 20.2. The standard InChI is InChI=1S/C7H2F10O5/c8-3(9,1(18)19)5(11,12)7(16,17)22-4(10,2(20)21)6(13,14)15/h(H,18,19)(H,20,21). The molecule has 22 heavy (non-hydrogen) atoms.